The molecule has 178 valence electrons. The van der Waals surface area contributed by atoms with E-state index < -0.39 is 0 Å². The molecule has 0 radical (unpaired) electrons. The highest BCUT2D eigenvalue weighted by Gasteiger charge is 2.25. The molecule has 1 aliphatic rings. The summed E-state index contributed by atoms with van der Waals surface area (Å²) in [5.41, 5.74) is 2.31. The Hall–Kier alpha value is -2.81. The minimum Gasteiger partial charge on any atom is -0.450 e. The predicted molar refractivity (Wildman–Crippen MR) is 130 cm³/mol. The highest BCUT2D eigenvalue weighted by molar-refractivity contribution is 7.99. The van der Waals surface area contributed by atoms with Crippen LogP contribution in [-0.2, 0) is 21.5 Å². The Bertz CT molecular complexity index is 973. The van der Waals surface area contributed by atoms with Crippen LogP contribution in [0.25, 0.3) is 11.4 Å². The summed E-state index contributed by atoms with van der Waals surface area (Å²) in [5, 5.41) is 9.42. The van der Waals surface area contributed by atoms with Crippen LogP contribution in [0, 0.1) is 0 Å². The number of benzene rings is 1. The zero-order valence-corrected chi connectivity index (χ0v) is 20.7. The summed E-state index contributed by atoms with van der Waals surface area (Å²) in [6.07, 6.45) is 1.48. The van der Waals surface area contributed by atoms with Crippen molar-refractivity contribution in [2.24, 2.45) is 0 Å². The van der Waals surface area contributed by atoms with Gasteiger partial charge in [0, 0.05) is 38.3 Å². The van der Waals surface area contributed by atoms with Gasteiger partial charge in [0.15, 0.2) is 11.0 Å². The van der Waals surface area contributed by atoms with Crippen LogP contribution >= 0.6 is 11.8 Å². The molecular formula is C24H33N5O3S. The van der Waals surface area contributed by atoms with E-state index in [9.17, 15) is 9.59 Å². The topological polar surface area (TPSA) is 80.6 Å². The van der Waals surface area contributed by atoms with Crippen molar-refractivity contribution in [3.63, 3.8) is 0 Å². The van der Waals surface area contributed by atoms with Crippen molar-refractivity contribution >= 4 is 23.8 Å². The highest BCUT2D eigenvalue weighted by Crippen LogP contribution is 2.28. The van der Waals surface area contributed by atoms with Gasteiger partial charge < -0.3 is 14.5 Å². The van der Waals surface area contributed by atoms with Crippen molar-refractivity contribution in [3.8, 4) is 11.4 Å². The van der Waals surface area contributed by atoms with Gasteiger partial charge in [0.25, 0.3) is 0 Å². The lowest BCUT2D eigenvalue weighted by Crippen LogP contribution is -2.51. The van der Waals surface area contributed by atoms with Crippen molar-refractivity contribution in [1.82, 2.24) is 24.6 Å². The largest absolute Gasteiger partial charge is 0.450 e. The van der Waals surface area contributed by atoms with E-state index in [0.29, 0.717) is 44.5 Å². The van der Waals surface area contributed by atoms with E-state index in [2.05, 4.69) is 61.8 Å². The first-order valence-electron chi connectivity index (χ1n) is 11.2. The Kier molecular flexibility index (Phi) is 8.18. The number of allylic oxidation sites excluding steroid dienone is 1. The van der Waals surface area contributed by atoms with Crippen LogP contribution in [0.2, 0.25) is 0 Å². The molecule has 2 amide bonds. The van der Waals surface area contributed by atoms with Gasteiger partial charge >= 0.3 is 6.09 Å². The average Bonchev–Trinajstić information content (AvgIpc) is 3.20. The number of nitrogens with zero attached hydrogens (tertiary/aromatic N) is 5. The smallest absolute Gasteiger partial charge is 0.409 e. The summed E-state index contributed by atoms with van der Waals surface area (Å²) >= 11 is 1.37. The number of aromatic nitrogens is 3. The van der Waals surface area contributed by atoms with Crippen LogP contribution in [0.3, 0.4) is 0 Å². The lowest BCUT2D eigenvalue weighted by atomic mass is 9.87. The summed E-state index contributed by atoms with van der Waals surface area (Å²) in [6, 6.07) is 8.36. The normalized spacial score (nSPS) is 14.3. The zero-order valence-electron chi connectivity index (χ0n) is 19.9. The lowest BCUT2D eigenvalue weighted by molar-refractivity contribution is -0.129. The lowest BCUT2D eigenvalue weighted by Gasteiger charge is -2.34. The number of hydrogen-bond acceptors (Lipinski definition) is 6. The van der Waals surface area contributed by atoms with Crippen LogP contribution in [-0.4, -0.2) is 75.1 Å². The Balaban J connectivity index is 1.64. The van der Waals surface area contributed by atoms with E-state index in [1.165, 1.54) is 17.3 Å². The molecule has 0 atom stereocenters. The van der Waals surface area contributed by atoms with Crippen LogP contribution in [0.1, 0.15) is 33.3 Å². The zero-order chi connectivity index (χ0) is 24.0. The number of piperazine rings is 1. The summed E-state index contributed by atoms with van der Waals surface area (Å²) in [5.74, 6) is 1.04. The SMILES string of the molecule is C=CCn1c(SCC(=O)N2CCN(C(=O)OCC)CC2)nnc1-c1ccc(C(C)(C)C)cc1. The number of carbonyl (C=O) groups excluding carboxylic acids is 2. The molecule has 0 spiro atoms. The molecule has 8 nitrogen and oxygen atoms in total. The van der Waals surface area contributed by atoms with Gasteiger partial charge in [-0.3, -0.25) is 9.36 Å². The maximum Gasteiger partial charge on any atom is 0.409 e. The molecule has 0 aliphatic carbocycles. The number of carbonyl (C=O) groups is 2. The summed E-state index contributed by atoms with van der Waals surface area (Å²) < 4.78 is 7.02. The van der Waals surface area contributed by atoms with E-state index in [1.54, 1.807) is 22.8 Å². The second-order valence-electron chi connectivity index (χ2n) is 8.89. The first-order valence-corrected chi connectivity index (χ1v) is 12.2. The fraction of sp³-hybridized carbons (Fsp3) is 0.500. The fourth-order valence-electron chi connectivity index (χ4n) is 3.59. The number of thioether (sulfide) groups is 1. The molecule has 2 aromatic rings. The third kappa shape index (κ3) is 6.16. The van der Waals surface area contributed by atoms with Gasteiger partial charge in [-0.1, -0.05) is 62.9 Å². The van der Waals surface area contributed by atoms with Crippen molar-refractivity contribution in [2.75, 3.05) is 38.5 Å². The number of rotatable bonds is 7. The van der Waals surface area contributed by atoms with Gasteiger partial charge in [0.05, 0.1) is 12.4 Å². The molecule has 9 heteroatoms. The Labute approximate surface area is 200 Å². The molecule has 1 aromatic carbocycles. The van der Waals surface area contributed by atoms with Crippen LogP contribution < -0.4 is 0 Å². The summed E-state index contributed by atoms with van der Waals surface area (Å²) in [6.45, 7) is 15.1. The van der Waals surface area contributed by atoms with Gasteiger partial charge in [-0.15, -0.1) is 16.8 Å². The molecule has 0 bridgehead atoms. The van der Waals surface area contributed by atoms with Gasteiger partial charge in [-0.25, -0.2) is 4.79 Å². The summed E-state index contributed by atoms with van der Waals surface area (Å²) in [7, 11) is 0. The molecule has 1 saturated heterocycles. The number of hydrogen-bond donors (Lipinski definition) is 0. The molecule has 1 aromatic heterocycles. The van der Waals surface area contributed by atoms with E-state index >= 15 is 0 Å². The maximum absolute atomic E-state index is 12.7. The quantitative estimate of drug-likeness (QED) is 0.451. The van der Waals surface area contributed by atoms with Crippen molar-refractivity contribution < 1.29 is 14.3 Å². The minimum atomic E-state index is -0.320. The second kappa shape index (κ2) is 10.9. The molecule has 0 N–H and O–H groups in total. The number of ether oxygens (including phenoxy) is 1. The van der Waals surface area contributed by atoms with Crippen LogP contribution in [0.4, 0.5) is 4.79 Å². The fourth-order valence-corrected chi connectivity index (χ4v) is 4.44. The van der Waals surface area contributed by atoms with Crippen molar-refractivity contribution in [1.29, 1.82) is 0 Å². The summed E-state index contributed by atoms with van der Waals surface area (Å²) in [4.78, 5) is 28.0. The average molecular weight is 472 g/mol. The molecule has 0 saturated carbocycles. The first-order chi connectivity index (χ1) is 15.7. The van der Waals surface area contributed by atoms with Gasteiger partial charge in [0.2, 0.25) is 5.91 Å². The molecule has 1 fully saturated rings. The third-order valence-electron chi connectivity index (χ3n) is 5.52. The minimum absolute atomic E-state index is 0.0211. The Morgan fingerprint density at radius 3 is 2.30 bits per heavy atom. The molecule has 3 rings (SSSR count). The molecule has 33 heavy (non-hydrogen) atoms. The standard InChI is InChI=1S/C24H33N5O3S/c1-6-12-29-21(18-8-10-19(11-9-18)24(3,4)5)25-26-22(29)33-17-20(30)27-13-15-28(16-14-27)23(31)32-7-2/h6,8-11H,1,7,12-17H2,2-5H3. The molecule has 2 heterocycles. The third-order valence-corrected chi connectivity index (χ3v) is 6.47. The number of amides is 2. The van der Waals surface area contributed by atoms with E-state index in [-0.39, 0.29) is 23.2 Å². The molecular weight excluding hydrogens is 438 g/mol. The maximum atomic E-state index is 12.7. The monoisotopic (exact) mass is 471 g/mol. The first kappa shape index (κ1) is 24.8. The molecule has 0 unspecified atom stereocenters. The van der Waals surface area contributed by atoms with Gasteiger partial charge in [-0.05, 0) is 17.9 Å². The Morgan fingerprint density at radius 1 is 1.09 bits per heavy atom. The van der Waals surface area contributed by atoms with E-state index in [1.807, 2.05) is 4.57 Å². The highest BCUT2D eigenvalue weighted by atomic mass is 32.2. The molecule has 1 aliphatic heterocycles. The van der Waals surface area contributed by atoms with Crippen molar-refractivity contribution in [3.05, 3.63) is 42.5 Å². The Morgan fingerprint density at radius 2 is 1.73 bits per heavy atom. The predicted octanol–water partition coefficient (Wildman–Crippen LogP) is 3.82. The van der Waals surface area contributed by atoms with Crippen LogP contribution in [0.15, 0.2) is 42.1 Å². The van der Waals surface area contributed by atoms with E-state index in [0.717, 1.165) is 11.4 Å². The van der Waals surface area contributed by atoms with Gasteiger partial charge in [0.1, 0.15) is 0 Å². The van der Waals surface area contributed by atoms with E-state index in [4.69, 9.17) is 4.74 Å². The van der Waals surface area contributed by atoms with Gasteiger partial charge in [-0.2, -0.15) is 0 Å². The van der Waals surface area contributed by atoms with Crippen LogP contribution in [0.5, 0.6) is 0 Å². The van der Waals surface area contributed by atoms with Crippen molar-refractivity contribution in [2.45, 2.75) is 44.8 Å². The second-order valence-corrected chi connectivity index (χ2v) is 9.83.